The third-order valence-electron chi connectivity index (χ3n) is 3.63. The van der Waals surface area contributed by atoms with E-state index in [2.05, 4.69) is 0 Å². The zero-order valence-corrected chi connectivity index (χ0v) is 15.2. The third kappa shape index (κ3) is 4.86. The number of rotatable bonds is 4. The lowest BCUT2D eigenvalue weighted by Gasteiger charge is -2.11. The average molecular weight is 354 g/mol. The van der Waals surface area contributed by atoms with Crippen LogP contribution < -0.4 is 32.4 Å². The molecule has 0 fully saturated rings. The van der Waals surface area contributed by atoms with E-state index in [1.807, 2.05) is 50.2 Å². The Balaban J connectivity index is 0.000000189. The number of hydrogen-bond acceptors (Lipinski definition) is 6. The predicted molar refractivity (Wildman–Crippen MR) is 110 cm³/mol. The van der Waals surface area contributed by atoms with Crippen molar-refractivity contribution in [3.63, 3.8) is 0 Å². The van der Waals surface area contributed by atoms with Gasteiger partial charge in [-0.25, -0.2) is 0 Å². The lowest BCUT2D eigenvalue weighted by Crippen LogP contribution is -2.02. The predicted octanol–water partition coefficient (Wildman–Crippen LogP) is 3.65. The SMILES string of the molecule is CCOc1cc(N)c(OCC)cc1N.Nc1ccc2cc(N)ccc2c1. The molecular formula is C20H26N4O2. The van der Waals surface area contributed by atoms with Gasteiger partial charge in [-0.2, -0.15) is 0 Å². The van der Waals surface area contributed by atoms with Crippen molar-refractivity contribution in [3.05, 3.63) is 48.5 Å². The Morgan fingerprint density at radius 1 is 0.615 bits per heavy atom. The number of nitrogen functional groups attached to an aromatic ring is 4. The van der Waals surface area contributed by atoms with E-state index in [4.69, 9.17) is 32.4 Å². The summed E-state index contributed by atoms with van der Waals surface area (Å²) in [4.78, 5) is 0. The van der Waals surface area contributed by atoms with Crippen LogP contribution in [0.15, 0.2) is 48.5 Å². The molecule has 0 aliphatic rings. The lowest BCUT2D eigenvalue weighted by atomic mass is 10.1. The van der Waals surface area contributed by atoms with Crippen LogP contribution in [0.2, 0.25) is 0 Å². The minimum absolute atomic E-state index is 0.546. The van der Waals surface area contributed by atoms with Crippen molar-refractivity contribution in [2.24, 2.45) is 0 Å². The van der Waals surface area contributed by atoms with Crippen LogP contribution in [0.4, 0.5) is 22.7 Å². The first-order valence-electron chi connectivity index (χ1n) is 8.44. The Morgan fingerprint density at radius 3 is 1.35 bits per heavy atom. The second kappa shape index (κ2) is 8.71. The molecule has 0 aliphatic carbocycles. The van der Waals surface area contributed by atoms with Crippen molar-refractivity contribution in [1.82, 2.24) is 0 Å². The van der Waals surface area contributed by atoms with E-state index in [-0.39, 0.29) is 0 Å². The summed E-state index contributed by atoms with van der Waals surface area (Å²) in [5.74, 6) is 1.21. The second-order valence-corrected chi connectivity index (χ2v) is 5.66. The maximum Gasteiger partial charge on any atom is 0.144 e. The van der Waals surface area contributed by atoms with Crippen LogP contribution in [-0.4, -0.2) is 13.2 Å². The van der Waals surface area contributed by atoms with Crippen molar-refractivity contribution in [2.45, 2.75) is 13.8 Å². The van der Waals surface area contributed by atoms with Gasteiger partial charge in [-0.05, 0) is 48.9 Å². The Bertz CT molecular complexity index is 808. The molecule has 0 aromatic heterocycles. The summed E-state index contributed by atoms with van der Waals surface area (Å²) in [6, 6.07) is 14.9. The summed E-state index contributed by atoms with van der Waals surface area (Å²) < 4.78 is 10.6. The van der Waals surface area contributed by atoms with Crippen molar-refractivity contribution < 1.29 is 9.47 Å². The first-order valence-corrected chi connectivity index (χ1v) is 8.44. The number of hydrogen-bond donors (Lipinski definition) is 4. The van der Waals surface area contributed by atoms with E-state index in [0.717, 1.165) is 22.1 Å². The Kier molecular flexibility index (Phi) is 6.38. The Hall–Kier alpha value is -3.28. The Morgan fingerprint density at radius 2 is 1.00 bits per heavy atom. The van der Waals surface area contributed by atoms with Gasteiger partial charge in [0.05, 0.1) is 24.6 Å². The summed E-state index contributed by atoms with van der Waals surface area (Å²) in [6.45, 7) is 4.92. The lowest BCUT2D eigenvalue weighted by molar-refractivity contribution is 0.333. The zero-order chi connectivity index (χ0) is 19.1. The molecule has 3 aromatic carbocycles. The molecule has 0 spiro atoms. The van der Waals surface area contributed by atoms with Gasteiger partial charge in [-0.3, -0.25) is 0 Å². The molecule has 26 heavy (non-hydrogen) atoms. The summed E-state index contributed by atoms with van der Waals surface area (Å²) in [5, 5.41) is 2.26. The molecule has 6 heteroatoms. The zero-order valence-electron chi connectivity index (χ0n) is 15.2. The van der Waals surface area contributed by atoms with Gasteiger partial charge in [0.15, 0.2) is 0 Å². The Labute approximate surface area is 153 Å². The smallest absolute Gasteiger partial charge is 0.144 e. The number of ether oxygens (including phenoxy) is 2. The van der Waals surface area contributed by atoms with Crippen LogP contribution in [0.25, 0.3) is 10.8 Å². The van der Waals surface area contributed by atoms with E-state index in [1.165, 1.54) is 0 Å². The number of nitrogens with two attached hydrogens (primary N) is 4. The quantitative estimate of drug-likeness (QED) is 0.530. The third-order valence-corrected chi connectivity index (χ3v) is 3.63. The van der Waals surface area contributed by atoms with E-state index >= 15 is 0 Å². The first-order chi connectivity index (χ1) is 12.4. The molecule has 138 valence electrons. The van der Waals surface area contributed by atoms with E-state index in [0.29, 0.717) is 36.1 Å². The van der Waals surface area contributed by atoms with Crippen LogP contribution >= 0.6 is 0 Å². The molecule has 0 saturated carbocycles. The average Bonchev–Trinajstić information content (AvgIpc) is 2.60. The minimum atomic E-state index is 0.546. The topological polar surface area (TPSA) is 123 Å². The van der Waals surface area contributed by atoms with Gasteiger partial charge in [0, 0.05) is 23.5 Å². The highest BCUT2D eigenvalue weighted by molar-refractivity contribution is 5.87. The molecule has 0 saturated heterocycles. The molecule has 0 aliphatic heterocycles. The number of fused-ring (bicyclic) bond motifs is 1. The van der Waals surface area contributed by atoms with Crippen molar-refractivity contribution in [2.75, 3.05) is 36.1 Å². The van der Waals surface area contributed by atoms with Crippen LogP contribution in [0.5, 0.6) is 11.5 Å². The maximum absolute atomic E-state index is 5.75. The van der Waals surface area contributed by atoms with Crippen molar-refractivity contribution in [1.29, 1.82) is 0 Å². The summed E-state index contributed by atoms with van der Waals surface area (Å²) in [7, 11) is 0. The molecular weight excluding hydrogens is 328 g/mol. The molecule has 3 rings (SSSR count). The fraction of sp³-hybridized carbons (Fsp3) is 0.200. The number of anilines is 4. The van der Waals surface area contributed by atoms with Gasteiger partial charge in [-0.1, -0.05) is 12.1 Å². The second-order valence-electron chi connectivity index (χ2n) is 5.66. The number of benzene rings is 3. The first kappa shape index (κ1) is 19.1. The maximum atomic E-state index is 5.75. The normalized spacial score (nSPS) is 10.1. The van der Waals surface area contributed by atoms with E-state index in [1.54, 1.807) is 12.1 Å². The highest BCUT2D eigenvalue weighted by Gasteiger charge is 2.06. The molecule has 0 amide bonds. The van der Waals surface area contributed by atoms with Crippen LogP contribution in [0, 0.1) is 0 Å². The monoisotopic (exact) mass is 354 g/mol. The van der Waals surface area contributed by atoms with Crippen LogP contribution in [0.1, 0.15) is 13.8 Å². The molecule has 3 aromatic rings. The molecule has 0 bridgehead atoms. The van der Waals surface area contributed by atoms with Gasteiger partial charge in [0.25, 0.3) is 0 Å². The highest BCUT2D eigenvalue weighted by Crippen LogP contribution is 2.32. The minimum Gasteiger partial charge on any atom is -0.492 e. The molecule has 0 unspecified atom stereocenters. The molecule has 0 heterocycles. The fourth-order valence-corrected chi connectivity index (χ4v) is 2.44. The van der Waals surface area contributed by atoms with Crippen LogP contribution in [0.3, 0.4) is 0 Å². The molecule has 8 N–H and O–H groups in total. The molecule has 6 nitrogen and oxygen atoms in total. The summed E-state index contributed by atoms with van der Waals surface area (Å²) >= 11 is 0. The van der Waals surface area contributed by atoms with Gasteiger partial charge >= 0.3 is 0 Å². The largest absolute Gasteiger partial charge is 0.492 e. The van der Waals surface area contributed by atoms with Gasteiger partial charge in [0.2, 0.25) is 0 Å². The van der Waals surface area contributed by atoms with Crippen LogP contribution in [-0.2, 0) is 0 Å². The summed E-state index contributed by atoms with van der Waals surface area (Å²) in [6.07, 6.45) is 0. The van der Waals surface area contributed by atoms with E-state index < -0.39 is 0 Å². The standard InChI is InChI=1S/C10H16N2O2.C10H10N2/c1-3-13-9-5-8(12)10(14-4-2)6-7(9)11;11-9-3-1-7-5-10(12)4-2-8(7)6-9/h5-6H,3-4,11-12H2,1-2H3;1-6H,11-12H2. The van der Waals surface area contributed by atoms with E-state index in [9.17, 15) is 0 Å². The van der Waals surface area contributed by atoms with Crippen molar-refractivity contribution >= 4 is 33.5 Å². The summed E-state index contributed by atoms with van der Waals surface area (Å²) in [5.41, 5.74) is 25.4. The van der Waals surface area contributed by atoms with Gasteiger partial charge < -0.3 is 32.4 Å². The van der Waals surface area contributed by atoms with Gasteiger partial charge in [0.1, 0.15) is 11.5 Å². The fourth-order valence-electron chi connectivity index (χ4n) is 2.44. The highest BCUT2D eigenvalue weighted by atomic mass is 16.5. The van der Waals surface area contributed by atoms with Gasteiger partial charge in [-0.15, -0.1) is 0 Å². The molecule has 0 atom stereocenters. The molecule has 0 radical (unpaired) electrons. The van der Waals surface area contributed by atoms with Crippen molar-refractivity contribution in [3.8, 4) is 11.5 Å².